The summed E-state index contributed by atoms with van der Waals surface area (Å²) >= 11 is 1.56. The number of piperidine rings is 1. The van der Waals surface area contributed by atoms with Gasteiger partial charge in [-0.25, -0.2) is 0 Å². The number of benzene rings is 1. The highest BCUT2D eigenvalue weighted by atomic mass is 35.5. The molecule has 3 N–H and O–H groups in total. The van der Waals surface area contributed by atoms with E-state index < -0.39 is 0 Å². The summed E-state index contributed by atoms with van der Waals surface area (Å²) in [5.74, 6) is -0.0291. The number of halogens is 1. The van der Waals surface area contributed by atoms with Crippen LogP contribution in [0.25, 0.3) is 0 Å². The highest BCUT2D eigenvalue weighted by molar-refractivity contribution is 7.10. The lowest BCUT2D eigenvalue weighted by Gasteiger charge is -2.22. The van der Waals surface area contributed by atoms with Crippen LogP contribution in [0.15, 0.2) is 41.8 Å². The Morgan fingerprint density at radius 1 is 1.04 bits per heavy atom. The predicted molar refractivity (Wildman–Crippen MR) is 105 cm³/mol. The van der Waals surface area contributed by atoms with Gasteiger partial charge in [0.25, 0.3) is 0 Å². The maximum absolute atomic E-state index is 12.4. The Balaban J connectivity index is 0.00000225. The van der Waals surface area contributed by atoms with Crippen molar-refractivity contribution >= 4 is 46.9 Å². The maximum Gasteiger partial charge on any atom is 0.229 e. The van der Waals surface area contributed by atoms with Crippen molar-refractivity contribution in [3.05, 3.63) is 46.7 Å². The lowest BCUT2D eigenvalue weighted by Crippen LogP contribution is -2.34. The van der Waals surface area contributed by atoms with Crippen molar-refractivity contribution in [3.63, 3.8) is 0 Å². The number of hydrogen-bond donors (Lipinski definition) is 3. The molecule has 25 heavy (non-hydrogen) atoms. The van der Waals surface area contributed by atoms with Crippen LogP contribution in [0.4, 0.5) is 11.4 Å². The van der Waals surface area contributed by atoms with E-state index in [1.807, 2.05) is 41.8 Å². The van der Waals surface area contributed by atoms with Gasteiger partial charge in [0.1, 0.15) is 0 Å². The van der Waals surface area contributed by atoms with Crippen molar-refractivity contribution in [2.24, 2.45) is 5.92 Å². The van der Waals surface area contributed by atoms with Gasteiger partial charge in [0.15, 0.2) is 0 Å². The molecule has 2 aromatic rings. The van der Waals surface area contributed by atoms with Crippen molar-refractivity contribution in [1.82, 2.24) is 5.32 Å². The zero-order valence-corrected chi connectivity index (χ0v) is 15.4. The number of carbonyl (C=O) groups is 2. The van der Waals surface area contributed by atoms with Gasteiger partial charge in [0.2, 0.25) is 11.8 Å². The third-order valence-electron chi connectivity index (χ3n) is 4.08. The number of hydrogen-bond acceptors (Lipinski definition) is 4. The summed E-state index contributed by atoms with van der Waals surface area (Å²) in [5, 5.41) is 11.1. The molecule has 1 aliphatic heterocycles. The molecule has 7 heteroatoms. The summed E-state index contributed by atoms with van der Waals surface area (Å²) in [7, 11) is 0. The van der Waals surface area contributed by atoms with Gasteiger partial charge >= 0.3 is 0 Å². The zero-order chi connectivity index (χ0) is 16.8. The molecule has 2 amide bonds. The van der Waals surface area contributed by atoms with Crippen molar-refractivity contribution in [2.75, 3.05) is 23.7 Å². The van der Waals surface area contributed by atoms with E-state index in [2.05, 4.69) is 16.0 Å². The van der Waals surface area contributed by atoms with Gasteiger partial charge in [0, 0.05) is 10.8 Å². The second-order valence-electron chi connectivity index (χ2n) is 5.86. The number of para-hydroxylation sites is 2. The molecule has 1 saturated heterocycles. The average molecular weight is 380 g/mol. The average Bonchev–Trinajstić information content (AvgIpc) is 3.10. The standard InChI is InChI=1S/C18H21N3O2S.ClH/c22-17(12-14-4-3-11-24-14)20-15-5-1-2-6-16(15)21-18(23)13-7-9-19-10-8-13;/h1-6,11,13,19H,7-10,12H2,(H,20,22)(H,21,23);1H. The number of rotatable bonds is 5. The van der Waals surface area contributed by atoms with Gasteiger partial charge in [0.05, 0.1) is 17.8 Å². The fourth-order valence-electron chi connectivity index (χ4n) is 2.79. The largest absolute Gasteiger partial charge is 0.324 e. The Morgan fingerprint density at radius 3 is 2.36 bits per heavy atom. The number of anilines is 2. The van der Waals surface area contributed by atoms with E-state index in [0.717, 1.165) is 30.8 Å². The molecule has 1 aliphatic rings. The van der Waals surface area contributed by atoms with Gasteiger partial charge in [-0.3, -0.25) is 9.59 Å². The molecular weight excluding hydrogens is 358 g/mol. The Kier molecular flexibility index (Phi) is 7.43. The van der Waals surface area contributed by atoms with E-state index in [4.69, 9.17) is 0 Å². The van der Waals surface area contributed by atoms with Crippen LogP contribution < -0.4 is 16.0 Å². The fourth-order valence-corrected chi connectivity index (χ4v) is 3.49. The minimum absolute atomic E-state index is 0. The summed E-state index contributed by atoms with van der Waals surface area (Å²) in [5.41, 5.74) is 1.29. The number of amides is 2. The molecule has 0 radical (unpaired) electrons. The van der Waals surface area contributed by atoms with Gasteiger partial charge in [-0.15, -0.1) is 23.7 Å². The molecule has 134 valence electrons. The second-order valence-corrected chi connectivity index (χ2v) is 6.90. The highest BCUT2D eigenvalue weighted by Gasteiger charge is 2.21. The van der Waals surface area contributed by atoms with E-state index in [9.17, 15) is 9.59 Å². The lowest BCUT2D eigenvalue weighted by atomic mass is 9.97. The number of thiophene rings is 1. The van der Waals surface area contributed by atoms with Gasteiger partial charge in [-0.1, -0.05) is 18.2 Å². The molecule has 1 fully saturated rings. The van der Waals surface area contributed by atoms with E-state index in [1.165, 1.54) is 0 Å². The molecule has 1 aromatic heterocycles. The fraction of sp³-hybridized carbons (Fsp3) is 0.333. The molecule has 0 aliphatic carbocycles. The number of carbonyl (C=O) groups excluding carboxylic acids is 2. The first-order valence-corrected chi connectivity index (χ1v) is 9.03. The molecule has 0 saturated carbocycles. The monoisotopic (exact) mass is 379 g/mol. The summed E-state index contributed by atoms with van der Waals surface area (Å²) in [6, 6.07) is 11.2. The molecule has 0 spiro atoms. The molecule has 1 aromatic carbocycles. The van der Waals surface area contributed by atoms with Gasteiger partial charge in [-0.2, -0.15) is 0 Å². The highest BCUT2D eigenvalue weighted by Crippen LogP contribution is 2.23. The van der Waals surface area contributed by atoms with Crippen molar-refractivity contribution in [3.8, 4) is 0 Å². The summed E-state index contributed by atoms with van der Waals surface area (Å²) in [6.45, 7) is 1.74. The lowest BCUT2D eigenvalue weighted by molar-refractivity contribution is -0.120. The quantitative estimate of drug-likeness (QED) is 0.746. The van der Waals surface area contributed by atoms with E-state index in [-0.39, 0.29) is 30.1 Å². The maximum atomic E-state index is 12.4. The van der Waals surface area contributed by atoms with Gasteiger partial charge in [-0.05, 0) is 49.5 Å². The SMILES string of the molecule is Cl.O=C(Cc1cccs1)Nc1ccccc1NC(=O)C1CCNCC1. The van der Waals surface area contributed by atoms with Crippen LogP contribution in [-0.4, -0.2) is 24.9 Å². The number of nitrogens with one attached hydrogen (secondary N) is 3. The summed E-state index contributed by atoms with van der Waals surface area (Å²) < 4.78 is 0. The minimum Gasteiger partial charge on any atom is -0.324 e. The van der Waals surface area contributed by atoms with Crippen molar-refractivity contribution in [1.29, 1.82) is 0 Å². The molecule has 0 atom stereocenters. The smallest absolute Gasteiger partial charge is 0.229 e. The zero-order valence-electron chi connectivity index (χ0n) is 13.8. The van der Waals surface area contributed by atoms with Crippen LogP contribution in [0.1, 0.15) is 17.7 Å². The first-order valence-electron chi connectivity index (χ1n) is 8.15. The second kappa shape index (κ2) is 9.56. The predicted octanol–water partition coefficient (Wildman–Crippen LogP) is 3.29. The third-order valence-corrected chi connectivity index (χ3v) is 4.96. The summed E-state index contributed by atoms with van der Waals surface area (Å²) in [4.78, 5) is 25.6. The van der Waals surface area contributed by atoms with Crippen LogP contribution in [-0.2, 0) is 16.0 Å². The van der Waals surface area contributed by atoms with E-state index >= 15 is 0 Å². The van der Waals surface area contributed by atoms with Crippen LogP contribution in [0.3, 0.4) is 0 Å². The molecule has 0 bridgehead atoms. The molecule has 2 heterocycles. The Morgan fingerprint density at radius 2 is 1.72 bits per heavy atom. The van der Waals surface area contributed by atoms with Crippen molar-refractivity contribution < 1.29 is 9.59 Å². The Hall–Kier alpha value is -1.89. The van der Waals surface area contributed by atoms with Crippen LogP contribution in [0, 0.1) is 5.92 Å². The normalized spacial score (nSPS) is 14.4. The molecular formula is C18H22ClN3O2S. The molecule has 0 unspecified atom stereocenters. The Bertz CT molecular complexity index is 700. The third kappa shape index (κ3) is 5.56. The first kappa shape index (κ1) is 19.4. The first-order chi connectivity index (χ1) is 11.7. The molecule has 5 nitrogen and oxygen atoms in total. The van der Waals surface area contributed by atoms with E-state index in [0.29, 0.717) is 17.8 Å². The van der Waals surface area contributed by atoms with Crippen LogP contribution in [0.2, 0.25) is 0 Å². The van der Waals surface area contributed by atoms with Crippen LogP contribution in [0.5, 0.6) is 0 Å². The topological polar surface area (TPSA) is 70.2 Å². The minimum atomic E-state index is -0.0824. The van der Waals surface area contributed by atoms with Crippen LogP contribution >= 0.6 is 23.7 Å². The van der Waals surface area contributed by atoms with Gasteiger partial charge < -0.3 is 16.0 Å². The summed E-state index contributed by atoms with van der Waals surface area (Å²) in [6.07, 6.45) is 2.03. The van der Waals surface area contributed by atoms with Crippen molar-refractivity contribution in [2.45, 2.75) is 19.3 Å². The molecule has 3 rings (SSSR count). The van der Waals surface area contributed by atoms with E-state index in [1.54, 1.807) is 11.3 Å². The Labute approximate surface area is 157 Å².